The van der Waals surface area contributed by atoms with E-state index in [4.69, 9.17) is 4.74 Å². The Morgan fingerprint density at radius 2 is 2.00 bits per heavy atom. The Hall–Kier alpha value is -1.25. The maximum atomic E-state index is 11.9. The van der Waals surface area contributed by atoms with Crippen molar-refractivity contribution in [3.05, 3.63) is 29.8 Å². The maximum Gasteiger partial charge on any atom is 0.230 e. The minimum Gasteiger partial charge on any atom is -0.496 e. The molecular weight excluding hydrogens is 362 g/mol. The Labute approximate surface area is 155 Å². The molecule has 0 saturated heterocycles. The molecule has 0 saturated carbocycles. The monoisotopic (exact) mass is 383 g/mol. The second-order valence-corrected chi connectivity index (χ2v) is 8.42. The zero-order valence-electron chi connectivity index (χ0n) is 13.8. The van der Waals surface area contributed by atoms with Crippen LogP contribution in [0.15, 0.2) is 32.9 Å². The molecule has 2 rings (SSSR count). The number of rotatable bonds is 10. The number of benzene rings is 1. The van der Waals surface area contributed by atoms with Crippen molar-refractivity contribution < 1.29 is 9.53 Å². The van der Waals surface area contributed by atoms with E-state index in [-0.39, 0.29) is 5.91 Å². The van der Waals surface area contributed by atoms with Gasteiger partial charge in [-0.05, 0) is 24.5 Å². The van der Waals surface area contributed by atoms with Gasteiger partial charge in [-0.15, -0.1) is 10.2 Å². The summed E-state index contributed by atoms with van der Waals surface area (Å²) in [7, 11) is 1.66. The predicted octanol–water partition coefficient (Wildman–Crippen LogP) is 3.50. The van der Waals surface area contributed by atoms with Crippen molar-refractivity contribution in [2.45, 2.75) is 28.4 Å². The number of amides is 1. The summed E-state index contributed by atoms with van der Waals surface area (Å²) in [6, 6.07) is 7.85. The van der Waals surface area contributed by atoms with Crippen LogP contribution in [-0.2, 0) is 11.2 Å². The third-order valence-corrected chi connectivity index (χ3v) is 6.45. The van der Waals surface area contributed by atoms with Gasteiger partial charge in [0, 0.05) is 12.3 Å². The van der Waals surface area contributed by atoms with Crippen LogP contribution in [0, 0.1) is 0 Å². The zero-order chi connectivity index (χ0) is 17.2. The number of carbonyl (C=O) groups excluding carboxylic acids is 1. The third-order valence-electron chi connectivity index (χ3n) is 3.05. The molecule has 0 unspecified atom stereocenters. The maximum absolute atomic E-state index is 11.9. The van der Waals surface area contributed by atoms with E-state index < -0.39 is 0 Å². The Morgan fingerprint density at radius 1 is 1.25 bits per heavy atom. The molecule has 0 atom stereocenters. The van der Waals surface area contributed by atoms with Crippen LogP contribution in [0.5, 0.6) is 5.75 Å². The number of carbonyl (C=O) groups is 1. The lowest BCUT2D eigenvalue weighted by atomic mass is 10.1. The van der Waals surface area contributed by atoms with Gasteiger partial charge in [-0.25, -0.2) is 0 Å². The summed E-state index contributed by atoms with van der Waals surface area (Å²) < 4.78 is 7.12. The molecule has 0 fully saturated rings. The molecule has 130 valence electrons. The van der Waals surface area contributed by atoms with E-state index in [1.807, 2.05) is 24.3 Å². The van der Waals surface area contributed by atoms with Gasteiger partial charge in [0.25, 0.3) is 0 Å². The van der Waals surface area contributed by atoms with Gasteiger partial charge in [0.1, 0.15) is 5.75 Å². The summed E-state index contributed by atoms with van der Waals surface area (Å²) in [6.45, 7) is 2.73. The molecule has 8 heteroatoms. The van der Waals surface area contributed by atoms with Crippen molar-refractivity contribution >= 4 is 40.8 Å². The quantitative estimate of drug-likeness (QED) is 0.634. The predicted molar refractivity (Wildman–Crippen MR) is 101 cm³/mol. The molecule has 1 aromatic heterocycles. The summed E-state index contributed by atoms with van der Waals surface area (Å²) >= 11 is 4.69. The number of ether oxygens (including phenoxy) is 1. The van der Waals surface area contributed by atoms with Crippen LogP contribution in [0.1, 0.15) is 18.9 Å². The second-order valence-electron chi connectivity index (χ2n) is 4.88. The van der Waals surface area contributed by atoms with Gasteiger partial charge in [-0.3, -0.25) is 4.79 Å². The van der Waals surface area contributed by atoms with E-state index in [0.29, 0.717) is 12.3 Å². The Balaban J connectivity index is 1.69. The minimum absolute atomic E-state index is 0.00728. The van der Waals surface area contributed by atoms with E-state index in [0.717, 1.165) is 38.6 Å². The summed E-state index contributed by atoms with van der Waals surface area (Å²) in [5, 5.41) is 11.2. The first kappa shape index (κ1) is 19.1. The van der Waals surface area contributed by atoms with Crippen LogP contribution in [0.2, 0.25) is 0 Å². The number of thioether (sulfide) groups is 2. The zero-order valence-corrected chi connectivity index (χ0v) is 16.2. The van der Waals surface area contributed by atoms with Gasteiger partial charge in [-0.1, -0.05) is 60.0 Å². The molecule has 1 amide bonds. The minimum atomic E-state index is 0.00728. The normalized spacial score (nSPS) is 10.6. The van der Waals surface area contributed by atoms with Crippen molar-refractivity contribution in [3.8, 4) is 5.75 Å². The average molecular weight is 384 g/mol. The number of para-hydroxylation sites is 1. The topological polar surface area (TPSA) is 64.1 Å². The molecule has 0 bridgehead atoms. The largest absolute Gasteiger partial charge is 0.496 e. The van der Waals surface area contributed by atoms with Crippen LogP contribution in [-0.4, -0.2) is 41.3 Å². The number of nitrogens with zero attached hydrogens (tertiary/aromatic N) is 2. The van der Waals surface area contributed by atoms with E-state index >= 15 is 0 Å². The molecule has 0 aliphatic rings. The van der Waals surface area contributed by atoms with Crippen molar-refractivity contribution in [2.75, 3.05) is 25.2 Å². The molecule has 0 aliphatic carbocycles. The molecule has 2 aromatic rings. The molecular formula is C16H21N3O2S3. The smallest absolute Gasteiger partial charge is 0.230 e. The molecule has 5 nitrogen and oxygen atoms in total. The van der Waals surface area contributed by atoms with Gasteiger partial charge in [0.15, 0.2) is 8.68 Å². The first-order valence-corrected chi connectivity index (χ1v) is 10.5. The first-order valence-electron chi connectivity index (χ1n) is 7.70. The number of nitrogens with one attached hydrogen (secondary N) is 1. The van der Waals surface area contributed by atoms with Crippen LogP contribution < -0.4 is 10.1 Å². The van der Waals surface area contributed by atoms with Crippen LogP contribution >= 0.6 is 34.9 Å². The van der Waals surface area contributed by atoms with Gasteiger partial charge < -0.3 is 10.1 Å². The lowest BCUT2D eigenvalue weighted by Gasteiger charge is -2.08. The molecule has 0 spiro atoms. The first-order chi connectivity index (χ1) is 11.7. The number of hydrogen-bond donors (Lipinski definition) is 1. The summed E-state index contributed by atoms with van der Waals surface area (Å²) in [5.41, 5.74) is 1.09. The molecule has 1 aromatic carbocycles. The van der Waals surface area contributed by atoms with Gasteiger partial charge >= 0.3 is 0 Å². The fourth-order valence-electron chi connectivity index (χ4n) is 1.93. The Kier molecular flexibility index (Phi) is 8.41. The fraction of sp³-hybridized carbons (Fsp3) is 0.438. The second kappa shape index (κ2) is 10.6. The van der Waals surface area contributed by atoms with Crippen molar-refractivity contribution in [1.82, 2.24) is 15.5 Å². The molecule has 0 radical (unpaired) electrons. The van der Waals surface area contributed by atoms with Crippen molar-refractivity contribution in [2.24, 2.45) is 0 Å². The van der Waals surface area contributed by atoms with Gasteiger partial charge in [-0.2, -0.15) is 0 Å². The Morgan fingerprint density at radius 3 is 2.75 bits per heavy atom. The van der Waals surface area contributed by atoms with Crippen molar-refractivity contribution in [1.29, 1.82) is 0 Å². The highest BCUT2D eigenvalue weighted by atomic mass is 32.2. The SMILES string of the molecule is CCCSc1nnc(SCC(=O)NCCc2ccccc2OC)s1. The highest BCUT2D eigenvalue weighted by Crippen LogP contribution is 2.28. The summed E-state index contributed by atoms with van der Waals surface area (Å²) in [5.74, 6) is 2.27. The van der Waals surface area contributed by atoms with Crippen LogP contribution in [0.25, 0.3) is 0 Å². The summed E-state index contributed by atoms with van der Waals surface area (Å²) in [6.07, 6.45) is 1.86. The number of aromatic nitrogens is 2. The third kappa shape index (κ3) is 6.33. The molecule has 24 heavy (non-hydrogen) atoms. The van der Waals surface area contributed by atoms with Crippen LogP contribution in [0.3, 0.4) is 0 Å². The fourth-order valence-corrected chi connectivity index (χ4v) is 4.70. The van der Waals surface area contributed by atoms with E-state index in [1.165, 1.54) is 11.8 Å². The number of methoxy groups -OCH3 is 1. The van der Waals surface area contributed by atoms with Crippen molar-refractivity contribution in [3.63, 3.8) is 0 Å². The van der Waals surface area contributed by atoms with Gasteiger partial charge in [0.05, 0.1) is 12.9 Å². The van der Waals surface area contributed by atoms with Crippen LogP contribution in [0.4, 0.5) is 0 Å². The van der Waals surface area contributed by atoms with E-state index in [1.54, 1.807) is 30.2 Å². The molecule has 1 N–H and O–H groups in total. The lowest BCUT2D eigenvalue weighted by molar-refractivity contribution is -0.118. The highest BCUT2D eigenvalue weighted by molar-refractivity contribution is 8.03. The molecule has 0 aliphatic heterocycles. The Bertz CT molecular complexity index is 649. The summed E-state index contributed by atoms with van der Waals surface area (Å²) in [4.78, 5) is 11.9. The van der Waals surface area contributed by atoms with E-state index in [9.17, 15) is 4.79 Å². The molecule has 1 heterocycles. The van der Waals surface area contributed by atoms with Gasteiger partial charge in [0.2, 0.25) is 5.91 Å². The average Bonchev–Trinajstić information content (AvgIpc) is 3.06. The standard InChI is InChI=1S/C16H21N3O2S3/c1-3-10-22-15-18-19-16(24-15)23-11-14(20)17-9-8-12-6-4-5-7-13(12)21-2/h4-7H,3,8-11H2,1-2H3,(H,17,20). The number of hydrogen-bond acceptors (Lipinski definition) is 7. The lowest BCUT2D eigenvalue weighted by Crippen LogP contribution is -2.27. The highest BCUT2D eigenvalue weighted by Gasteiger charge is 2.09. The van der Waals surface area contributed by atoms with E-state index in [2.05, 4.69) is 22.4 Å².